The minimum Gasteiger partial charge on any atom is -0.348 e. The van der Waals surface area contributed by atoms with E-state index in [1.807, 2.05) is 19.3 Å². The second-order valence-electron chi connectivity index (χ2n) is 4.55. The Hall–Kier alpha value is -1.58. The average molecular weight is 234 g/mol. The van der Waals surface area contributed by atoms with Gasteiger partial charge in [-0.15, -0.1) is 0 Å². The summed E-state index contributed by atoms with van der Waals surface area (Å²) in [7, 11) is 1.84. The zero-order valence-electron chi connectivity index (χ0n) is 10.2. The van der Waals surface area contributed by atoms with Crippen LogP contribution in [0.5, 0.6) is 0 Å². The van der Waals surface area contributed by atoms with Crippen LogP contribution in [0.25, 0.3) is 0 Å². The first-order chi connectivity index (χ1) is 8.18. The van der Waals surface area contributed by atoms with Gasteiger partial charge in [0.05, 0.1) is 12.2 Å². The Kier molecular flexibility index (Phi) is 3.61. The lowest BCUT2D eigenvalue weighted by molar-refractivity contribution is -0.130. The minimum absolute atomic E-state index is 0.0211. The topological polar surface area (TPSA) is 42.3 Å². The van der Waals surface area contributed by atoms with Crippen LogP contribution in [-0.4, -0.2) is 34.2 Å². The van der Waals surface area contributed by atoms with E-state index in [9.17, 15) is 9.59 Å². The number of hydrogen-bond acceptors (Lipinski definition) is 2. The van der Waals surface area contributed by atoms with Crippen LogP contribution in [0.3, 0.4) is 0 Å². The van der Waals surface area contributed by atoms with Gasteiger partial charge in [-0.25, -0.2) is 0 Å². The van der Waals surface area contributed by atoms with Crippen molar-refractivity contribution in [3.63, 3.8) is 0 Å². The Morgan fingerprint density at radius 2 is 2.18 bits per heavy atom. The molecule has 17 heavy (non-hydrogen) atoms. The molecule has 92 valence electrons. The van der Waals surface area contributed by atoms with Crippen LogP contribution in [0.2, 0.25) is 0 Å². The second-order valence-corrected chi connectivity index (χ2v) is 4.55. The van der Waals surface area contributed by atoms with Crippen molar-refractivity contribution in [2.24, 2.45) is 7.05 Å². The molecule has 0 atom stereocenters. The van der Waals surface area contributed by atoms with Gasteiger partial charge in [0.15, 0.2) is 5.78 Å². The highest BCUT2D eigenvalue weighted by Crippen LogP contribution is 2.12. The number of amides is 1. The number of ketones is 1. The molecule has 1 aromatic heterocycles. The average Bonchev–Trinajstić information content (AvgIpc) is 2.63. The van der Waals surface area contributed by atoms with Gasteiger partial charge in [-0.2, -0.15) is 0 Å². The molecular weight excluding hydrogens is 216 g/mol. The van der Waals surface area contributed by atoms with Crippen LogP contribution in [0, 0.1) is 0 Å². The molecule has 1 amide bonds. The van der Waals surface area contributed by atoms with E-state index < -0.39 is 0 Å². The predicted octanol–water partition coefficient (Wildman–Crippen LogP) is 1.61. The van der Waals surface area contributed by atoms with Gasteiger partial charge >= 0.3 is 0 Å². The highest BCUT2D eigenvalue weighted by atomic mass is 16.2. The number of likely N-dealkylation sites (tertiary alicyclic amines) is 1. The first-order valence-electron chi connectivity index (χ1n) is 6.11. The first kappa shape index (κ1) is 11.9. The standard InChI is InChI=1S/C13H18N2O2/c1-14-8-5-6-11(14)12(16)10-15-9-4-2-3-7-13(15)17/h5-6,8H,2-4,7,9-10H2,1H3. The van der Waals surface area contributed by atoms with Crippen LogP contribution >= 0.6 is 0 Å². The van der Waals surface area contributed by atoms with Gasteiger partial charge in [0.2, 0.25) is 5.91 Å². The number of rotatable bonds is 3. The van der Waals surface area contributed by atoms with E-state index in [0.717, 1.165) is 25.8 Å². The Bertz CT molecular complexity index is 423. The second kappa shape index (κ2) is 5.17. The number of Topliss-reactive ketones (excluding diaryl/α,β-unsaturated/α-hetero) is 1. The number of carbonyl (C=O) groups excluding carboxylic acids is 2. The van der Waals surface area contributed by atoms with E-state index in [1.165, 1.54) is 0 Å². The summed E-state index contributed by atoms with van der Waals surface area (Å²) in [4.78, 5) is 25.5. The van der Waals surface area contributed by atoms with E-state index in [2.05, 4.69) is 0 Å². The zero-order chi connectivity index (χ0) is 12.3. The highest BCUT2D eigenvalue weighted by Gasteiger charge is 2.20. The molecule has 0 spiro atoms. The van der Waals surface area contributed by atoms with Crippen molar-refractivity contribution < 1.29 is 9.59 Å². The summed E-state index contributed by atoms with van der Waals surface area (Å²) in [5.74, 6) is 0.137. The molecule has 2 heterocycles. The monoisotopic (exact) mass is 234 g/mol. The van der Waals surface area contributed by atoms with Crippen LogP contribution in [0.4, 0.5) is 0 Å². The summed E-state index contributed by atoms with van der Waals surface area (Å²) >= 11 is 0. The molecule has 1 aliphatic rings. The van der Waals surface area contributed by atoms with Crippen LogP contribution in [-0.2, 0) is 11.8 Å². The Labute approximate surface area is 101 Å². The lowest BCUT2D eigenvalue weighted by Crippen LogP contribution is -2.35. The van der Waals surface area contributed by atoms with Crippen molar-refractivity contribution in [2.45, 2.75) is 25.7 Å². The van der Waals surface area contributed by atoms with Gasteiger partial charge in [-0.05, 0) is 25.0 Å². The van der Waals surface area contributed by atoms with Crippen molar-refractivity contribution in [2.75, 3.05) is 13.1 Å². The SMILES string of the molecule is Cn1cccc1C(=O)CN1CCCCCC1=O. The molecule has 1 fully saturated rings. The molecule has 1 saturated heterocycles. The predicted molar refractivity (Wildman–Crippen MR) is 64.8 cm³/mol. The third-order valence-corrected chi connectivity index (χ3v) is 3.24. The van der Waals surface area contributed by atoms with Crippen LogP contribution < -0.4 is 0 Å². The van der Waals surface area contributed by atoms with Crippen LogP contribution in [0.1, 0.15) is 36.2 Å². The number of carbonyl (C=O) groups is 2. The third kappa shape index (κ3) is 2.75. The molecule has 0 N–H and O–H groups in total. The molecule has 0 saturated carbocycles. The molecule has 1 aromatic rings. The van der Waals surface area contributed by atoms with Crippen molar-refractivity contribution in [1.29, 1.82) is 0 Å². The van der Waals surface area contributed by atoms with Gasteiger partial charge in [-0.1, -0.05) is 6.42 Å². The van der Waals surface area contributed by atoms with E-state index in [-0.39, 0.29) is 18.2 Å². The lowest BCUT2D eigenvalue weighted by atomic mass is 10.2. The smallest absolute Gasteiger partial charge is 0.222 e. The number of hydrogen-bond donors (Lipinski definition) is 0. The molecule has 2 rings (SSSR count). The molecular formula is C13H18N2O2. The van der Waals surface area contributed by atoms with Gasteiger partial charge in [0.25, 0.3) is 0 Å². The van der Waals surface area contributed by atoms with Gasteiger partial charge in [-0.3, -0.25) is 9.59 Å². The summed E-state index contributed by atoms with van der Waals surface area (Å²) in [6.45, 7) is 0.936. The van der Waals surface area contributed by atoms with Crippen LogP contribution in [0.15, 0.2) is 18.3 Å². The number of aromatic nitrogens is 1. The number of nitrogens with zero attached hydrogens (tertiary/aromatic N) is 2. The largest absolute Gasteiger partial charge is 0.348 e. The molecule has 0 bridgehead atoms. The van der Waals surface area contributed by atoms with Crippen molar-refractivity contribution >= 4 is 11.7 Å². The Morgan fingerprint density at radius 3 is 2.88 bits per heavy atom. The van der Waals surface area contributed by atoms with Crippen molar-refractivity contribution in [1.82, 2.24) is 9.47 Å². The van der Waals surface area contributed by atoms with Crippen molar-refractivity contribution in [3.8, 4) is 0 Å². The summed E-state index contributed by atoms with van der Waals surface area (Å²) in [6.07, 6.45) is 5.47. The first-order valence-corrected chi connectivity index (χ1v) is 6.11. The van der Waals surface area contributed by atoms with E-state index in [0.29, 0.717) is 12.1 Å². The lowest BCUT2D eigenvalue weighted by Gasteiger charge is -2.19. The molecule has 4 heteroatoms. The van der Waals surface area contributed by atoms with Gasteiger partial charge in [0, 0.05) is 26.2 Å². The third-order valence-electron chi connectivity index (χ3n) is 3.24. The number of aryl methyl sites for hydroxylation is 1. The highest BCUT2D eigenvalue weighted by molar-refractivity contribution is 5.98. The summed E-state index contributed by atoms with van der Waals surface area (Å²) in [5.41, 5.74) is 0.669. The fourth-order valence-corrected chi connectivity index (χ4v) is 2.21. The molecule has 1 aliphatic heterocycles. The molecule has 0 radical (unpaired) electrons. The normalized spacial score (nSPS) is 17.0. The zero-order valence-corrected chi connectivity index (χ0v) is 10.2. The van der Waals surface area contributed by atoms with Gasteiger partial charge in [0.1, 0.15) is 0 Å². The fraction of sp³-hybridized carbons (Fsp3) is 0.538. The fourth-order valence-electron chi connectivity index (χ4n) is 2.21. The molecule has 0 aliphatic carbocycles. The molecule has 4 nitrogen and oxygen atoms in total. The maximum atomic E-state index is 12.0. The maximum Gasteiger partial charge on any atom is 0.222 e. The summed E-state index contributed by atoms with van der Waals surface area (Å²) < 4.78 is 1.80. The maximum absolute atomic E-state index is 12.0. The van der Waals surface area contributed by atoms with E-state index >= 15 is 0 Å². The van der Waals surface area contributed by atoms with E-state index in [1.54, 1.807) is 15.5 Å². The molecule has 0 unspecified atom stereocenters. The van der Waals surface area contributed by atoms with Crippen molar-refractivity contribution in [3.05, 3.63) is 24.0 Å². The Morgan fingerprint density at radius 1 is 1.35 bits per heavy atom. The van der Waals surface area contributed by atoms with E-state index in [4.69, 9.17) is 0 Å². The quantitative estimate of drug-likeness (QED) is 0.746. The summed E-state index contributed by atoms with van der Waals surface area (Å²) in [6, 6.07) is 3.64. The van der Waals surface area contributed by atoms with Gasteiger partial charge < -0.3 is 9.47 Å². The Balaban J connectivity index is 2.02. The summed E-state index contributed by atoms with van der Waals surface area (Å²) in [5, 5.41) is 0. The minimum atomic E-state index is 0.0211. The molecule has 0 aromatic carbocycles.